The van der Waals surface area contributed by atoms with Crippen molar-refractivity contribution in [1.82, 2.24) is 0 Å². The van der Waals surface area contributed by atoms with E-state index in [4.69, 9.17) is 16.0 Å². The van der Waals surface area contributed by atoms with Gasteiger partial charge in [-0.15, -0.1) is 0 Å². The summed E-state index contributed by atoms with van der Waals surface area (Å²) >= 11 is 5.68. The number of aldehydes is 1. The third-order valence-electron chi connectivity index (χ3n) is 1.99. The molecule has 0 bridgehead atoms. The van der Waals surface area contributed by atoms with Crippen LogP contribution in [0.5, 0.6) is 5.75 Å². The first kappa shape index (κ1) is 9.73. The van der Waals surface area contributed by atoms with Gasteiger partial charge in [-0.05, 0) is 12.1 Å². The van der Waals surface area contributed by atoms with Crippen molar-refractivity contribution in [3.8, 4) is 5.75 Å². The largest absolute Gasteiger partial charge is 0.506 e. The zero-order valence-corrected chi connectivity index (χ0v) is 8.12. The second-order valence-corrected chi connectivity index (χ2v) is 3.35. The predicted molar refractivity (Wildman–Crippen MR) is 54.5 cm³/mol. The molecule has 0 spiro atoms. The van der Waals surface area contributed by atoms with Crippen LogP contribution >= 0.6 is 11.6 Å². The molecule has 1 heterocycles. The molecule has 2 rings (SSSR count). The summed E-state index contributed by atoms with van der Waals surface area (Å²) in [5.74, 6) is -0.382. The summed E-state index contributed by atoms with van der Waals surface area (Å²) in [7, 11) is 0. The fourth-order valence-electron chi connectivity index (χ4n) is 1.28. The van der Waals surface area contributed by atoms with Gasteiger partial charge in [-0.3, -0.25) is 4.79 Å². The van der Waals surface area contributed by atoms with Gasteiger partial charge >= 0.3 is 5.63 Å². The Balaban J connectivity index is 2.97. The number of hydrogen-bond acceptors (Lipinski definition) is 4. The van der Waals surface area contributed by atoms with E-state index in [0.717, 1.165) is 0 Å². The minimum Gasteiger partial charge on any atom is -0.506 e. The lowest BCUT2D eigenvalue weighted by atomic mass is 10.1. The van der Waals surface area contributed by atoms with Crippen molar-refractivity contribution >= 4 is 28.9 Å². The van der Waals surface area contributed by atoms with Gasteiger partial charge < -0.3 is 9.52 Å². The first-order chi connectivity index (χ1) is 7.13. The molecule has 1 N–H and O–H groups in total. The van der Waals surface area contributed by atoms with Gasteiger partial charge in [-0.25, -0.2) is 4.79 Å². The number of hydrogen-bond donors (Lipinski definition) is 1. The summed E-state index contributed by atoms with van der Waals surface area (Å²) in [5.41, 5.74) is -1.11. The highest BCUT2D eigenvalue weighted by Gasteiger charge is 2.12. The molecule has 2 aromatic rings. The van der Waals surface area contributed by atoms with Crippen LogP contribution in [0.1, 0.15) is 10.4 Å². The minimum absolute atomic E-state index is 0.149. The lowest BCUT2D eigenvalue weighted by molar-refractivity contribution is 0.111. The summed E-state index contributed by atoms with van der Waals surface area (Å²) < 4.78 is 4.81. The molecule has 1 aromatic heterocycles. The standard InChI is InChI=1S/C10H5ClO4/c11-5-1-2-6-8(3-5)15-10(14)7(4-12)9(6)13/h1-4,13H. The molecule has 0 fully saturated rings. The Morgan fingerprint density at radius 2 is 2.13 bits per heavy atom. The molecular weight excluding hydrogens is 220 g/mol. The summed E-state index contributed by atoms with van der Waals surface area (Å²) in [6.45, 7) is 0. The zero-order chi connectivity index (χ0) is 11.0. The average molecular weight is 225 g/mol. The fourth-order valence-corrected chi connectivity index (χ4v) is 1.44. The van der Waals surface area contributed by atoms with Gasteiger partial charge in [0.25, 0.3) is 0 Å². The minimum atomic E-state index is -0.878. The van der Waals surface area contributed by atoms with Crippen LogP contribution in [-0.4, -0.2) is 11.4 Å². The van der Waals surface area contributed by atoms with Gasteiger partial charge in [-0.1, -0.05) is 11.6 Å². The van der Waals surface area contributed by atoms with E-state index in [9.17, 15) is 14.7 Å². The molecule has 0 aliphatic carbocycles. The van der Waals surface area contributed by atoms with Gasteiger partial charge in [0.05, 0.1) is 5.39 Å². The van der Waals surface area contributed by atoms with Crippen molar-refractivity contribution < 1.29 is 14.3 Å². The van der Waals surface area contributed by atoms with Crippen molar-refractivity contribution in [2.45, 2.75) is 0 Å². The summed E-state index contributed by atoms with van der Waals surface area (Å²) in [6.07, 6.45) is 0.259. The zero-order valence-electron chi connectivity index (χ0n) is 7.36. The maximum atomic E-state index is 11.2. The number of aromatic hydroxyl groups is 1. The van der Waals surface area contributed by atoms with Crippen LogP contribution in [0.25, 0.3) is 11.0 Å². The Bertz CT molecular complexity index is 600. The molecule has 1 aromatic carbocycles. The van der Waals surface area contributed by atoms with Crippen LogP contribution in [0.3, 0.4) is 0 Å². The number of fused-ring (bicyclic) bond motifs is 1. The predicted octanol–water partition coefficient (Wildman–Crippen LogP) is 1.96. The van der Waals surface area contributed by atoms with Crippen molar-refractivity contribution in [3.05, 3.63) is 39.2 Å². The van der Waals surface area contributed by atoms with E-state index in [1.807, 2.05) is 0 Å². The lowest BCUT2D eigenvalue weighted by Crippen LogP contribution is -2.06. The molecule has 0 saturated heterocycles. The quantitative estimate of drug-likeness (QED) is 0.594. The Morgan fingerprint density at radius 1 is 1.40 bits per heavy atom. The Labute approximate surface area is 88.7 Å². The molecular formula is C10H5ClO4. The van der Waals surface area contributed by atoms with Crippen LogP contribution in [0.15, 0.2) is 27.4 Å². The van der Waals surface area contributed by atoms with Crippen LogP contribution in [0, 0.1) is 0 Å². The van der Waals surface area contributed by atoms with Crippen molar-refractivity contribution in [2.24, 2.45) is 0 Å². The van der Waals surface area contributed by atoms with E-state index in [1.165, 1.54) is 18.2 Å². The van der Waals surface area contributed by atoms with E-state index >= 15 is 0 Å². The summed E-state index contributed by atoms with van der Waals surface area (Å²) in [6, 6.07) is 4.40. The normalized spacial score (nSPS) is 10.5. The smallest absolute Gasteiger partial charge is 0.350 e. The molecule has 5 heteroatoms. The van der Waals surface area contributed by atoms with E-state index in [2.05, 4.69) is 0 Å². The van der Waals surface area contributed by atoms with Crippen LogP contribution in [0.2, 0.25) is 5.02 Å². The monoisotopic (exact) mass is 224 g/mol. The number of carbonyl (C=O) groups is 1. The SMILES string of the molecule is O=Cc1c(O)c2ccc(Cl)cc2oc1=O. The molecule has 0 amide bonds. The summed E-state index contributed by atoms with van der Waals surface area (Å²) in [4.78, 5) is 21.7. The Kier molecular flexibility index (Phi) is 2.21. The molecule has 0 unspecified atom stereocenters. The van der Waals surface area contributed by atoms with E-state index in [1.54, 1.807) is 0 Å². The number of rotatable bonds is 1. The molecule has 0 atom stereocenters. The van der Waals surface area contributed by atoms with E-state index in [-0.39, 0.29) is 28.6 Å². The number of carbonyl (C=O) groups excluding carboxylic acids is 1. The molecule has 0 aliphatic heterocycles. The first-order valence-electron chi connectivity index (χ1n) is 4.04. The topological polar surface area (TPSA) is 67.5 Å². The highest BCUT2D eigenvalue weighted by atomic mass is 35.5. The van der Waals surface area contributed by atoms with Crippen molar-refractivity contribution in [2.75, 3.05) is 0 Å². The molecule has 0 radical (unpaired) electrons. The van der Waals surface area contributed by atoms with Gasteiger partial charge in [0, 0.05) is 11.1 Å². The molecule has 76 valence electrons. The second-order valence-electron chi connectivity index (χ2n) is 2.91. The van der Waals surface area contributed by atoms with E-state index < -0.39 is 5.63 Å². The van der Waals surface area contributed by atoms with Crippen LogP contribution < -0.4 is 5.63 Å². The number of halogens is 1. The third-order valence-corrected chi connectivity index (χ3v) is 2.23. The molecule has 4 nitrogen and oxygen atoms in total. The molecule has 15 heavy (non-hydrogen) atoms. The maximum absolute atomic E-state index is 11.2. The van der Waals surface area contributed by atoms with Gasteiger partial charge in [-0.2, -0.15) is 0 Å². The Hall–Kier alpha value is -1.81. The molecule has 0 saturated carbocycles. The number of benzene rings is 1. The highest BCUT2D eigenvalue weighted by Crippen LogP contribution is 2.27. The van der Waals surface area contributed by atoms with Crippen LogP contribution in [0.4, 0.5) is 0 Å². The Morgan fingerprint density at radius 3 is 2.80 bits per heavy atom. The van der Waals surface area contributed by atoms with Crippen molar-refractivity contribution in [3.63, 3.8) is 0 Å². The van der Waals surface area contributed by atoms with Gasteiger partial charge in [0.2, 0.25) is 0 Å². The first-order valence-corrected chi connectivity index (χ1v) is 4.42. The maximum Gasteiger partial charge on any atom is 0.350 e. The van der Waals surface area contributed by atoms with E-state index in [0.29, 0.717) is 5.02 Å². The highest BCUT2D eigenvalue weighted by molar-refractivity contribution is 6.31. The molecule has 0 aliphatic rings. The fraction of sp³-hybridized carbons (Fsp3) is 0. The lowest BCUT2D eigenvalue weighted by Gasteiger charge is -2.01. The van der Waals surface area contributed by atoms with Gasteiger partial charge in [0.1, 0.15) is 16.9 Å². The second kappa shape index (κ2) is 3.40. The van der Waals surface area contributed by atoms with Gasteiger partial charge in [0.15, 0.2) is 6.29 Å². The summed E-state index contributed by atoms with van der Waals surface area (Å²) in [5, 5.41) is 10.2. The average Bonchev–Trinajstić information content (AvgIpc) is 2.17. The van der Waals surface area contributed by atoms with Crippen LogP contribution in [-0.2, 0) is 0 Å². The third kappa shape index (κ3) is 1.49. The van der Waals surface area contributed by atoms with Crippen molar-refractivity contribution in [1.29, 1.82) is 0 Å².